The molecule has 0 rings (SSSR count). The van der Waals surface area contributed by atoms with Crippen molar-refractivity contribution in [3.8, 4) is 0 Å². The Kier molecular flexibility index (Phi) is 19.9. The molecule has 0 aliphatic rings. The molecule has 0 radical (unpaired) electrons. The van der Waals surface area contributed by atoms with Gasteiger partial charge in [0.25, 0.3) is 0 Å². The third kappa shape index (κ3) is 19.2. The maximum Gasteiger partial charge on any atom is 0.330 e. The number of amides is 2. The fraction of sp³-hybridized carbons (Fsp3) is 0.480. The Labute approximate surface area is 221 Å². The molecule has 0 saturated carbocycles. The highest BCUT2D eigenvalue weighted by molar-refractivity contribution is 5.82. The van der Waals surface area contributed by atoms with Crippen LogP contribution in [0.25, 0.3) is 0 Å². The Morgan fingerprint density at radius 3 is 1.11 bits per heavy atom. The van der Waals surface area contributed by atoms with Crippen molar-refractivity contribution in [3.63, 3.8) is 0 Å². The molecule has 0 saturated heterocycles. The van der Waals surface area contributed by atoms with Crippen molar-refractivity contribution in [1.29, 1.82) is 0 Å². The fourth-order valence-corrected chi connectivity index (χ4v) is 2.34. The van der Waals surface area contributed by atoms with Crippen molar-refractivity contribution >= 4 is 29.9 Å². The van der Waals surface area contributed by atoms with Crippen LogP contribution in [-0.4, -0.2) is 94.8 Å². The van der Waals surface area contributed by atoms with Gasteiger partial charge in [-0.05, 0) is 12.8 Å². The highest BCUT2D eigenvalue weighted by Crippen LogP contribution is 2.00. The van der Waals surface area contributed by atoms with Crippen molar-refractivity contribution in [2.24, 2.45) is 0 Å². The summed E-state index contributed by atoms with van der Waals surface area (Å²) in [5.41, 5.74) is 0. The number of nitrogens with one attached hydrogen (secondary N) is 2. The van der Waals surface area contributed by atoms with Crippen molar-refractivity contribution in [3.05, 3.63) is 50.6 Å². The molecule has 0 unspecified atom stereocenters. The van der Waals surface area contributed by atoms with E-state index in [2.05, 4.69) is 36.9 Å². The van der Waals surface area contributed by atoms with E-state index in [-0.39, 0.29) is 39.6 Å². The molecule has 38 heavy (non-hydrogen) atoms. The highest BCUT2D eigenvalue weighted by atomic mass is 16.6. The monoisotopic (exact) mass is 540 g/mol. The zero-order chi connectivity index (χ0) is 28.6. The molecule has 2 amide bonds. The lowest BCUT2D eigenvalue weighted by atomic mass is 10.3. The van der Waals surface area contributed by atoms with E-state index in [1.54, 1.807) is 0 Å². The molecule has 0 aliphatic carbocycles. The maximum atomic E-state index is 11.9. The second kappa shape index (κ2) is 22.2. The van der Waals surface area contributed by atoms with Gasteiger partial charge in [0.2, 0.25) is 0 Å². The number of carbonyl (C=O) groups excluding carboxylic acids is 5. The molecule has 0 aromatic heterocycles. The van der Waals surface area contributed by atoms with E-state index in [4.69, 9.17) is 28.4 Å². The van der Waals surface area contributed by atoms with E-state index in [1.807, 2.05) is 0 Å². The van der Waals surface area contributed by atoms with Gasteiger partial charge in [-0.15, -0.1) is 0 Å². The van der Waals surface area contributed by atoms with Gasteiger partial charge in [-0.3, -0.25) is 0 Å². The lowest BCUT2D eigenvalue weighted by Crippen LogP contribution is -2.37. The molecule has 0 heterocycles. The first-order valence-electron chi connectivity index (χ1n) is 11.7. The zero-order valence-electron chi connectivity index (χ0n) is 21.4. The molecular formula is C25H36N2O11. The Hall–Kier alpha value is -3.97. The van der Waals surface area contributed by atoms with Crippen LogP contribution in [0.4, 0.5) is 4.79 Å². The van der Waals surface area contributed by atoms with Crippen LogP contribution in [0.3, 0.4) is 0 Å². The molecule has 0 aromatic carbocycles. The molecule has 0 aliphatic heterocycles. The maximum absolute atomic E-state index is 11.9. The van der Waals surface area contributed by atoms with Crippen LogP contribution in [0.15, 0.2) is 50.6 Å². The van der Waals surface area contributed by atoms with E-state index in [0.717, 1.165) is 24.3 Å². The normalized spacial score (nSPS) is 10.2. The van der Waals surface area contributed by atoms with Crippen molar-refractivity contribution in [2.45, 2.75) is 25.0 Å². The minimum Gasteiger partial charge on any atom is -0.460 e. The van der Waals surface area contributed by atoms with Gasteiger partial charge in [0, 0.05) is 50.6 Å². The summed E-state index contributed by atoms with van der Waals surface area (Å²) < 4.78 is 30.7. The second-order valence-corrected chi connectivity index (χ2v) is 7.21. The summed E-state index contributed by atoms with van der Waals surface area (Å²) in [6.07, 6.45) is 3.49. The summed E-state index contributed by atoms with van der Waals surface area (Å²) in [5, 5.41) is 5.30. The van der Waals surface area contributed by atoms with Crippen LogP contribution in [0.1, 0.15) is 12.8 Å². The number of carbonyl (C=O) groups is 5. The van der Waals surface area contributed by atoms with Crippen molar-refractivity contribution in [1.82, 2.24) is 10.6 Å². The summed E-state index contributed by atoms with van der Waals surface area (Å²) >= 11 is 0. The number of hydrogen-bond donors (Lipinski definition) is 2. The number of rotatable bonds is 22. The van der Waals surface area contributed by atoms with Crippen LogP contribution in [0.5, 0.6) is 0 Å². The Balaban J connectivity index is 4.16. The third-order valence-corrected chi connectivity index (χ3v) is 4.23. The standard InChI is InChI=1S/C25H36N2O11/c1-5-21(28)35-15-19(16-36-22(29)6-2)33-13-9-11-26-25(32)27-12-10-14-34-20(17-37-23(30)7-3)18-38-24(31)8-4/h5-8,19-20H,1-4,9-18H2,(H2,26,27,32). The number of hydrogen-bond acceptors (Lipinski definition) is 11. The number of ether oxygens (including phenoxy) is 6. The molecule has 2 N–H and O–H groups in total. The molecule has 0 aromatic rings. The van der Waals surface area contributed by atoms with Gasteiger partial charge in [0.15, 0.2) is 0 Å². The first-order chi connectivity index (χ1) is 18.2. The Morgan fingerprint density at radius 1 is 0.553 bits per heavy atom. The quantitative estimate of drug-likeness (QED) is 0.0861. The third-order valence-electron chi connectivity index (χ3n) is 4.23. The van der Waals surface area contributed by atoms with Gasteiger partial charge in [-0.2, -0.15) is 0 Å². The van der Waals surface area contributed by atoms with E-state index in [1.165, 1.54) is 0 Å². The fourth-order valence-electron chi connectivity index (χ4n) is 2.34. The first kappa shape index (κ1) is 34.0. The minimum atomic E-state index is -0.693. The molecule has 0 fully saturated rings. The lowest BCUT2D eigenvalue weighted by molar-refractivity contribution is -0.150. The Bertz CT molecular complexity index is 701. The van der Waals surface area contributed by atoms with E-state index < -0.39 is 42.1 Å². The van der Waals surface area contributed by atoms with Gasteiger partial charge >= 0.3 is 29.9 Å². The summed E-state index contributed by atoms with van der Waals surface area (Å²) in [4.78, 5) is 56.8. The lowest BCUT2D eigenvalue weighted by Gasteiger charge is -2.18. The molecule has 13 nitrogen and oxygen atoms in total. The molecule has 13 heteroatoms. The summed E-state index contributed by atoms with van der Waals surface area (Å²) in [6.45, 7) is 13.6. The molecular weight excluding hydrogens is 504 g/mol. The van der Waals surface area contributed by atoms with E-state index >= 15 is 0 Å². The number of esters is 4. The topological polar surface area (TPSA) is 165 Å². The predicted molar refractivity (Wildman–Crippen MR) is 135 cm³/mol. The predicted octanol–water partition coefficient (Wildman–Crippen LogP) is 0.753. The van der Waals surface area contributed by atoms with Gasteiger partial charge < -0.3 is 39.1 Å². The van der Waals surface area contributed by atoms with Crippen LogP contribution in [0, 0.1) is 0 Å². The smallest absolute Gasteiger partial charge is 0.330 e. The van der Waals surface area contributed by atoms with Crippen molar-refractivity contribution in [2.75, 3.05) is 52.7 Å². The van der Waals surface area contributed by atoms with Crippen LogP contribution in [-0.2, 0) is 47.6 Å². The Morgan fingerprint density at radius 2 is 0.842 bits per heavy atom. The second-order valence-electron chi connectivity index (χ2n) is 7.21. The van der Waals surface area contributed by atoms with Gasteiger partial charge in [-0.25, -0.2) is 24.0 Å². The largest absolute Gasteiger partial charge is 0.460 e. The SMILES string of the molecule is C=CC(=O)OCC(COC(=O)C=C)OCCCNC(=O)NCCCOC(COC(=O)C=C)COC(=O)C=C. The van der Waals surface area contributed by atoms with E-state index in [0.29, 0.717) is 25.9 Å². The zero-order valence-corrected chi connectivity index (χ0v) is 21.4. The average molecular weight is 541 g/mol. The average Bonchev–Trinajstić information content (AvgIpc) is 2.93. The number of urea groups is 1. The van der Waals surface area contributed by atoms with Gasteiger partial charge in [0.05, 0.1) is 0 Å². The van der Waals surface area contributed by atoms with Crippen molar-refractivity contribution < 1.29 is 52.4 Å². The minimum absolute atomic E-state index is 0.139. The highest BCUT2D eigenvalue weighted by Gasteiger charge is 2.15. The van der Waals surface area contributed by atoms with E-state index in [9.17, 15) is 24.0 Å². The summed E-state index contributed by atoms with van der Waals surface area (Å²) in [6, 6.07) is -0.405. The molecule has 0 bridgehead atoms. The molecule has 0 atom stereocenters. The first-order valence-corrected chi connectivity index (χ1v) is 11.7. The summed E-state index contributed by atoms with van der Waals surface area (Å²) in [5.74, 6) is -2.55. The van der Waals surface area contributed by atoms with Crippen LogP contribution in [0.2, 0.25) is 0 Å². The molecule has 0 spiro atoms. The molecule has 212 valence electrons. The van der Waals surface area contributed by atoms with Crippen LogP contribution < -0.4 is 10.6 Å². The van der Waals surface area contributed by atoms with Crippen LogP contribution >= 0.6 is 0 Å². The van der Waals surface area contributed by atoms with Gasteiger partial charge in [-0.1, -0.05) is 26.3 Å². The summed E-state index contributed by atoms with van der Waals surface area (Å²) in [7, 11) is 0. The van der Waals surface area contributed by atoms with Gasteiger partial charge in [0.1, 0.15) is 38.6 Å².